The van der Waals surface area contributed by atoms with Crippen molar-refractivity contribution >= 4 is 0 Å². The molecule has 0 spiro atoms. The van der Waals surface area contributed by atoms with Crippen LogP contribution in [-0.4, -0.2) is 6.04 Å². The van der Waals surface area contributed by atoms with E-state index in [-0.39, 0.29) is 0 Å². The Morgan fingerprint density at radius 3 is 2.60 bits per heavy atom. The van der Waals surface area contributed by atoms with Crippen molar-refractivity contribution in [2.24, 2.45) is 5.73 Å². The van der Waals surface area contributed by atoms with E-state index < -0.39 is 0 Å². The number of hydrogen-bond acceptors (Lipinski definition) is 1. The van der Waals surface area contributed by atoms with Crippen LogP contribution in [0, 0.1) is 0 Å². The summed E-state index contributed by atoms with van der Waals surface area (Å²) in [6, 6.07) is 7.39. The molecule has 15 heavy (non-hydrogen) atoms. The standard InChI is InChI=1S/C14H19N/c1-10(15)14(7-8-14)13-6-5-11-3-2-4-12(11)9-13/h5-6,9-10H,2-4,7-8,15H2,1H3. The highest BCUT2D eigenvalue weighted by Gasteiger charge is 2.47. The lowest BCUT2D eigenvalue weighted by atomic mass is 9.88. The van der Waals surface area contributed by atoms with Gasteiger partial charge in [-0.2, -0.15) is 0 Å². The first-order chi connectivity index (χ1) is 7.22. The quantitative estimate of drug-likeness (QED) is 0.782. The van der Waals surface area contributed by atoms with Crippen molar-refractivity contribution in [1.82, 2.24) is 0 Å². The third-order valence-corrected chi connectivity index (χ3v) is 4.33. The minimum atomic E-state index is 0.303. The predicted octanol–water partition coefficient (Wildman–Crippen LogP) is 2.55. The molecule has 1 aromatic rings. The van der Waals surface area contributed by atoms with Crippen LogP contribution in [-0.2, 0) is 18.3 Å². The van der Waals surface area contributed by atoms with E-state index in [9.17, 15) is 0 Å². The second-order valence-electron chi connectivity index (χ2n) is 5.28. The van der Waals surface area contributed by atoms with Crippen LogP contribution in [0.15, 0.2) is 18.2 Å². The molecular formula is C14H19N. The Labute approximate surface area is 91.7 Å². The van der Waals surface area contributed by atoms with Crippen molar-refractivity contribution in [2.45, 2.75) is 50.5 Å². The smallest absolute Gasteiger partial charge is 0.0108 e. The van der Waals surface area contributed by atoms with Gasteiger partial charge in [0.05, 0.1) is 0 Å². The number of rotatable bonds is 2. The van der Waals surface area contributed by atoms with Crippen molar-refractivity contribution < 1.29 is 0 Å². The average molecular weight is 201 g/mol. The van der Waals surface area contributed by atoms with Gasteiger partial charge in [-0.15, -0.1) is 0 Å². The molecule has 1 fully saturated rings. The summed E-state index contributed by atoms with van der Waals surface area (Å²) < 4.78 is 0. The zero-order chi connectivity index (χ0) is 10.5. The minimum Gasteiger partial charge on any atom is -0.327 e. The van der Waals surface area contributed by atoms with Gasteiger partial charge in [0.2, 0.25) is 0 Å². The highest BCUT2D eigenvalue weighted by molar-refractivity contribution is 5.42. The monoisotopic (exact) mass is 201 g/mol. The molecule has 2 aliphatic carbocycles. The fourth-order valence-corrected chi connectivity index (χ4v) is 3.02. The van der Waals surface area contributed by atoms with Crippen molar-refractivity contribution in [3.63, 3.8) is 0 Å². The summed E-state index contributed by atoms with van der Waals surface area (Å²) in [5, 5.41) is 0. The van der Waals surface area contributed by atoms with Crippen molar-refractivity contribution in [3.05, 3.63) is 34.9 Å². The van der Waals surface area contributed by atoms with E-state index in [0.29, 0.717) is 11.5 Å². The number of hydrogen-bond donors (Lipinski definition) is 1. The molecule has 0 radical (unpaired) electrons. The van der Waals surface area contributed by atoms with Gasteiger partial charge in [-0.3, -0.25) is 0 Å². The van der Waals surface area contributed by atoms with Gasteiger partial charge in [0.25, 0.3) is 0 Å². The first-order valence-electron chi connectivity index (χ1n) is 6.10. The fraction of sp³-hybridized carbons (Fsp3) is 0.571. The Morgan fingerprint density at radius 1 is 1.20 bits per heavy atom. The number of aryl methyl sites for hydroxylation is 2. The number of benzene rings is 1. The van der Waals surface area contributed by atoms with Crippen LogP contribution in [0.25, 0.3) is 0 Å². The van der Waals surface area contributed by atoms with Crippen molar-refractivity contribution in [1.29, 1.82) is 0 Å². The molecular weight excluding hydrogens is 182 g/mol. The van der Waals surface area contributed by atoms with Crippen LogP contribution in [0.1, 0.15) is 42.9 Å². The molecule has 1 atom stereocenters. The summed E-state index contributed by atoms with van der Waals surface area (Å²) >= 11 is 0. The highest BCUT2D eigenvalue weighted by Crippen LogP contribution is 2.50. The Morgan fingerprint density at radius 2 is 1.93 bits per heavy atom. The Kier molecular flexibility index (Phi) is 1.93. The Balaban J connectivity index is 2.00. The van der Waals surface area contributed by atoms with Gasteiger partial charge in [-0.05, 0) is 55.7 Å². The van der Waals surface area contributed by atoms with Gasteiger partial charge >= 0.3 is 0 Å². The molecule has 0 bridgehead atoms. The lowest BCUT2D eigenvalue weighted by Crippen LogP contribution is -2.31. The number of nitrogens with two attached hydrogens (primary N) is 1. The summed E-state index contributed by atoms with van der Waals surface area (Å²) in [7, 11) is 0. The zero-order valence-corrected chi connectivity index (χ0v) is 9.42. The molecule has 0 aliphatic heterocycles. The maximum atomic E-state index is 6.11. The van der Waals surface area contributed by atoms with E-state index in [4.69, 9.17) is 5.73 Å². The summed E-state index contributed by atoms with van der Waals surface area (Å²) in [5.74, 6) is 0. The largest absolute Gasteiger partial charge is 0.327 e. The van der Waals surface area contributed by atoms with Crippen LogP contribution in [0.2, 0.25) is 0 Å². The first-order valence-corrected chi connectivity index (χ1v) is 6.10. The average Bonchev–Trinajstić information content (AvgIpc) is 2.91. The molecule has 2 aliphatic rings. The van der Waals surface area contributed by atoms with Crippen LogP contribution in [0.5, 0.6) is 0 Å². The predicted molar refractivity (Wildman–Crippen MR) is 63.0 cm³/mol. The molecule has 80 valence electrons. The lowest BCUT2D eigenvalue weighted by molar-refractivity contribution is 0.556. The van der Waals surface area contributed by atoms with Crippen LogP contribution in [0.4, 0.5) is 0 Å². The van der Waals surface area contributed by atoms with Gasteiger partial charge in [-0.25, -0.2) is 0 Å². The van der Waals surface area contributed by atoms with Crippen LogP contribution >= 0.6 is 0 Å². The summed E-state index contributed by atoms with van der Waals surface area (Å²) in [5.41, 5.74) is 11.1. The minimum absolute atomic E-state index is 0.303. The Hall–Kier alpha value is -0.820. The van der Waals surface area contributed by atoms with Gasteiger partial charge in [-0.1, -0.05) is 18.2 Å². The molecule has 0 heterocycles. The summed E-state index contributed by atoms with van der Waals surface area (Å²) in [6.45, 7) is 2.15. The summed E-state index contributed by atoms with van der Waals surface area (Å²) in [6.07, 6.45) is 6.45. The molecule has 3 rings (SSSR count). The SMILES string of the molecule is CC(N)C1(c2ccc3c(c2)CCC3)CC1. The van der Waals surface area contributed by atoms with E-state index >= 15 is 0 Å². The summed E-state index contributed by atoms with van der Waals surface area (Å²) in [4.78, 5) is 0. The maximum Gasteiger partial charge on any atom is 0.0108 e. The van der Waals surface area contributed by atoms with E-state index in [1.54, 1.807) is 11.1 Å². The second-order valence-corrected chi connectivity index (χ2v) is 5.28. The van der Waals surface area contributed by atoms with Crippen molar-refractivity contribution in [3.8, 4) is 0 Å². The number of fused-ring (bicyclic) bond motifs is 1. The third-order valence-electron chi connectivity index (χ3n) is 4.33. The zero-order valence-electron chi connectivity index (χ0n) is 9.42. The van der Waals surface area contributed by atoms with Crippen molar-refractivity contribution in [2.75, 3.05) is 0 Å². The molecule has 1 saturated carbocycles. The van der Waals surface area contributed by atoms with E-state index in [0.717, 1.165) is 0 Å². The van der Waals surface area contributed by atoms with Gasteiger partial charge in [0, 0.05) is 11.5 Å². The van der Waals surface area contributed by atoms with Crippen LogP contribution < -0.4 is 5.73 Å². The molecule has 1 unspecified atom stereocenters. The van der Waals surface area contributed by atoms with E-state index in [2.05, 4.69) is 25.1 Å². The highest BCUT2D eigenvalue weighted by atomic mass is 14.7. The molecule has 1 nitrogen and oxygen atoms in total. The topological polar surface area (TPSA) is 26.0 Å². The van der Waals surface area contributed by atoms with Gasteiger partial charge in [0.1, 0.15) is 0 Å². The molecule has 2 N–H and O–H groups in total. The normalized spacial score (nSPS) is 23.6. The Bertz CT molecular complexity index is 388. The van der Waals surface area contributed by atoms with Gasteiger partial charge < -0.3 is 5.73 Å². The molecule has 1 heteroatoms. The first kappa shape index (κ1) is 9.41. The maximum absolute atomic E-state index is 6.11. The second kappa shape index (κ2) is 3.08. The lowest BCUT2D eigenvalue weighted by Gasteiger charge is -2.21. The molecule has 0 aromatic heterocycles. The molecule has 0 saturated heterocycles. The fourth-order valence-electron chi connectivity index (χ4n) is 3.02. The molecule has 1 aromatic carbocycles. The van der Waals surface area contributed by atoms with Crippen LogP contribution in [0.3, 0.4) is 0 Å². The van der Waals surface area contributed by atoms with E-state index in [1.165, 1.54) is 37.7 Å². The van der Waals surface area contributed by atoms with E-state index in [1.807, 2.05) is 0 Å². The molecule has 0 amide bonds. The van der Waals surface area contributed by atoms with Gasteiger partial charge in [0.15, 0.2) is 0 Å². The third kappa shape index (κ3) is 1.33.